The summed E-state index contributed by atoms with van der Waals surface area (Å²) in [6, 6.07) is 17.3. The molecule has 0 aliphatic heterocycles. The molecule has 1 heterocycles. The van der Waals surface area contributed by atoms with Crippen molar-refractivity contribution < 1.29 is 4.42 Å². The number of hydrogen-bond acceptors (Lipinski definition) is 1. The number of furan rings is 1. The molecule has 1 heteroatoms. The summed E-state index contributed by atoms with van der Waals surface area (Å²) in [6.07, 6.45) is 6.82. The number of benzene rings is 2. The maximum absolute atomic E-state index is 5.38. The van der Waals surface area contributed by atoms with Gasteiger partial charge in [0, 0.05) is 5.39 Å². The zero-order chi connectivity index (χ0) is 13.8. The molecule has 3 rings (SSSR count). The topological polar surface area (TPSA) is 13.1 Å². The van der Waals surface area contributed by atoms with Crippen LogP contribution in [0.5, 0.6) is 0 Å². The van der Waals surface area contributed by atoms with E-state index in [9.17, 15) is 0 Å². The summed E-state index contributed by atoms with van der Waals surface area (Å²) in [5, 5.41) is 1.16. The van der Waals surface area contributed by atoms with E-state index < -0.39 is 0 Å². The third-order valence-corrected chi connectivity index (χ3v) is 3.81. The standard InChI is InChI=1S/C19H20O/c1-2-3-4-5-15-6-8-16(9-7-15)17-10-11-19-18(14-17)12-13-20-19/h6-14H,2-5H2,1H3. The average Bonchev–Trinajstić information content (AvgIpc) is 2.96. The normalized spacial score (nSPS) is 11.1. The number of unbranched alkanes of at least 4 members (excludes halogenated alkanes) is 2. The van der Waals surface area contributed by atoms with Gasteiger partial charge in [0.25, 0.3) is 0 Å². The van der Waals surface area contributed by atoms with Crippen LogP contribution in [0.3, 0.4) is 0 Å². The van der Waals surface area contributed by atoms with Crippen molar-refractivity contribution in [3.63, 3.8) is 0 Å². The summed E-state index contributed by atoms with van der Waals surface area (Å²) < 4.78 is 5.38. The molecule has 0 unspecified atom stereocenters. The lowest BCUT2D eigenvalue weighted by atomic mass is 10.0. The van der Waals surface area contributed by atoms with Gasteiger partial charge in [-0.25, -0.2) is 0 Å². The van der Waals surface area contributed by atoms with Crippen molar-refractivity contribution in [2.45, 2.75) is 32.6 Å². The molecule has 102 valence electrons. The van der Waals surface area contributed by atoms with Gasteiger partial charge in [-0.1, -0.05) is 50.1 Å². The zero-order valence-corrected chi connectivity index (χ0v) is 11.9. The third-order valence-electron chi connectivity index (χ3n) is 3.81. The van der Waals surface area contributed by atoms with Crippen LogP contribution in [0.1, 0.15) is 31.7 Å². The van der Waals surface area contributed by atoms with Gasteiger partial charge in [-0.2, -0.15) is 0 Å². The van der Waals surface area contributed by atoms with Gasteiger partial charge in [0.05, 0.1) is 6.26 Å². The zero-order valence-electron chi connectivity index (χ0n) is 11.9. The molecule has 1 aromatic heterocycles. The molecule has 0 spiro atoms. The molecule has 0 N–H and O–H groups in total. The number of hydrogen-bond donors (Lipinski definition) is 0. The smallest absolute Gasteiger partial charge is 0.133 e. The lowest BCUT2D eigenvalue weighted by Gasteiger charge is -2.05. The van der Waals surface area contributed by atoms with E-state index in [1.54, 1.807) is 6.26 Å². The maximum Gasteiger partial charge on any atom is 0.133 e. The average molecular weight is 264 g/mol. The Morgan fingerprint density at radius 1 is 0.850 bits per heavy atom. The van der Waals surface area contributed by atoms with Gasteiger partial charge in [0.1, 0.15) is 5.58 Å². The van der Waals surface area contributed by atoms with Crippen molar-refractivity contribution in [3.8, 4) is 11.1 Å². The van der Waals surface area contributed by atoms with Crippen LogP contribution in [0, 0.1) is 0 Å². The number of rotatable bonds is 5. The summed E-state index contributed by atoms with van der Waals surface area (Å²) in [6.45, 7) is 2.25. The molecule has 0 aliphatic carbocycles. The second-order valence-electron chi connectivity index (χ2n) is 5.33. The Labute approximate surface area is 120 Å². The summed E-state index contributed by atoms with van der Waals surface area (Å²) in [5.74, 6) is 0. The molecule has 0 bridgehead atoms. The van der Waals surface area contributed by atoms with Crippen molar-refractivity contribution in [1.82, 2.24) is 0 Å². The van der Waals surface area contributed by atoms with Crippen LogP contribution < -0.4 is 0 Å². The molecule has 0 radical (unpaired) electrons. The van der Waals surface area contributed by atoms with E-state index >= 15 is 0 Å². The van der Waals surface area contributed by atoms with E-state index in [1.807, 2.05) is 12.1 Å². The maximum atomic E-state index is 5.38. The fourth-order valence-electron chi connectivity index (χ4n) is 2.59. The Kier molecular flexibility index (Phi) is 3.87. The monoisotopic (exact) mass is 264 g/mol. The van der Waals surface area contributed by atoms with Gasteiger partial charge in [-0.15, -0.1) is 0 Å². The molecule has 20 heavy (non-hydrogen) atoms. The Bertz CT molecular complexity index is 676. The van der Waals surface area contributed by atoms with Gasteiger partial charge in [0.2, 0.25) is 0 Å². The van der Waals surface area contributed by atoms with Crippen molar-refractivity contribution in [2.75, 3.05) is 0 Å². The molecule has 0 fully saturated rings. The molecular weight excluding hydrogens is 244 g/mol. The SMILES string of the molecule is CCCCCc1ccc(-c2ccc3occc3c2)cc1. The molecule has 3 aromatic rings. The molecular formula is C19H20O. The molecule has 0 atom stereocenters. The number of aryl methyl sites for hydroxylation is 1. The predicted octanol–water partition coefficient (Wildman–Crippen LogP) is 5.83. The third kappa shape index (κ3) is 2.77. The van der Waals surface area contributed by atoms with Crippen LogP contribution in [0.4, 0.5) is 0 Å². The fourth-order valence-corrected chi connectivity index (χ4v) is 2.59. The highest BCUT2D eigenvalue weighted by Gasteiger charge is 2.02. The van der Waals surface area contributed by atoms with Crippen molar-refractivity contribution in [3.05, 3.63) is 60.4 Å². The first-order chi connectivity index (χ1) is 9.86. The highest BCUT2D eigenvalue weighted by molar-refractivity contribution is 5.83. The van der Waals surface area contributed by atoms with E-state index in [0.29, 0.717) is 0 Å². The Balaban J connectivity index is 1.79. The van der Waals surface area contributed by atoms with E-state index in [1.165, 1.54) is 42.4 Å². The molecule has 0 saturated heterocycles. The predicted molar refractivity (Wildman–Crippen MR) is 84.9 cm³/mol. The van der Waals surface area contributed by atoms with Gasteiger partial charge in [-0.05, 0) is 47.7 Å². The van der Waals surface area contributed by atoms with E-state index in [0.717, 1.165) is 11.0 Å². The minimum atomic E-state index is 0.949. The van der Waals surface area contributed by atoms with Crippen molar-refractivity contribution in [2.24, 2.45) is 0 Å². The van der Waals surface area contributed by atoms with Crippen LogP contribution >= 0.6 is 0 Å². The highest BCUT2D eigenvalue weighted by Crippen LogP contribution is 2.25. The second-order valence-corrected chi connectivity index (χ2v) is 5.33. The first kappa shape index (κ1) is 13.0. The summed E-state index contributed by atoms with van der Waals surface area (Å²) in [4.78, 5) is 0. The second kappa shape index (κ2) is 5.96. The Hall–Kier alpha value is -2.02. The first-order valence-electron chi connectivity index (χ1n) is 7.43. The van der Waals surface area contributed by atoms with E-state index in [-0.39, 0.29) is 0 Å². The fraction of sp³-hybridized carbons (Fsp3) is 0.263. The molecule has 1 nitrogen and oxygen atoms in total. The van der Waals surface area contributed by atoms with Crippen molar-refractivity contribution in [1.29, 1.82) is 0 Å². The lowest BCUT2D eigenvalue weighted by Crippen LogP contribution is -1.85. The van der Waals surface area contributed by atoms with Crippen LogP contribution in [-0.2, 0) is 6.42 Å². The van der Waals surface area contributed by atoms with Crippen LogP contribution in [0.2, 0.25) is 0 Å². The van der Waals surface area contributed by atoms with Crippen LogP contribution in [-0.4, -0.2) is 0 Å². The quantitative estimate of drug-likeness (QED) is 0.528. The molecule has 0 saturated carbocycles. The summed E-state index contributed by atoms with van der Waals surface area (Å²) in [7, 11) is 0. The minimum Gasteiger partial charge on any atom is -0.464 e. The Morgan fingerprint density at radius 2 is 1.65 bits per heavy atom. The van der Waals surface area contributed by atoms with Gasteiger partial charge < -0.3 is 4.42 Å². The van der Waals surface area contributed by atoms with Gasteiger partial charge in [-0.3, -0.25) is 0 Å². The van der Waals surface area contributed by atoms with E-state index in [4.69, 9.17) is 4.42 Å². The lowest BCUT2D eigenvalue weighted by molar-refractivity contribution is 0.616. The molecule has 0 amide bonds. The van der Waals surface area contributed by atoms with Crippen LogP contribution in [0.25, 0.3) is 22.1 Å². The van der Waals surface area contributed by atoms with Gasteiger partial charge >= 0.3 is 0 Å². The van der Waals surface area contributed by atoms with E-state index in [2.05, 4.69) is 43.3 Å². The first-order valence-corrected chi connectivity index (χ1v) is 7.43. The summed E-state index contributed by atoms with van der Waals surface area (Å²) >= 11 is 0. The largest absolute Gasteiger partial charge is 0.464 e. The molecule has 0 aliphatic rings. The Morgan fingerprint density at radius 3 is 2.45 bits per heavy atom. The minimum absolute atomic E-state index is 0.949. The van der Waals surface area contributed by atoms with Crippen molar-refractivity contribution >= 4 is 11.0 Å². The molecule has 2 aromatic carbocycles. The number of fused-ring (bicyclic) bond motifs is 1. The van der Waals surface area contributed by atoms with Gasteiger partial charge in [0.15, 0.2) is 0 Å². The highest BCUT2D eigenvalue weighted by atomic mass is 16.3. The summed E-state index contributed by atoms with van der Waals surface area (Å²) in [5.41, 5.74) is 4.91. The van der Waals surface area contributed by atoms with Crippen LogP contribution in [0.15, 0.2) is 59.2 Å².